The van der Waals surface area contributed by atoms with Gasteiger partial charge in [0.05, 0.1) is 31.3 Å². The summed E-state index contributed by atoms with van der Waals surface area (Å²) in [6, 6.07) is 14.8. The molecule has 2 bridgehead atoms. The molecule has 5 heterocycles. The average Bonchev–Trinajstić information content (AvgIpc) is 3.66. The van der Waals surface area contributed by atoms with E-state index < -0.39 is 16.6 Å². The Labute approximate surface area is 216 Å². The van der Waals surface area contributed by atoms with E-state index in [4.69, 9.17) is 23.7 Å². The van der Waals surface area contributed by atoms with Crippen LogP contribution in [0.4, 0.5) is 0 Å². The molecule has 2 aliphatic carbocycles. The molecule has 0 unspecified atom stereocenters. The smallest absolute Gasteiger partial charge is 0.166 e. The molecule has 4 saturated heterocycles. The zero-order valence-electron chi connectivity index (χ0n) is 21.0. The van der Waals surface area contributed by atoms with Gasteiger partial charge in [-0.1, -0.05) is 36.4 Å². The molecule has 0 radical (unpaired) electrons. The summed E-state index contributed by atoms with van der Waals surface area (Å²) in [5.41, 5.74) is 1.50. The molecular weight excluding hydrogens is 472 g/mol. The number of aliphatic hydroxyl groups is 1. The predicted molar refractivity (Wildman–Crippen MR) is 131 cm³/mol. The maximum atomic E-state index is 12.9. The molecule has 37 heavy (non-hydrogen) atoms. The summed E-state index contributed by atoms with van der Waals surface area (Å²) in [7, 11) is 1.70. The van der Waals surface area contributed by atoms with Crippen LogP contribution in [0.3, 0.4) is 0 Å². The third-order valence-electron chi connectivity index (χ3n) is 10.6. The van der Waals surface area contributed by atoms with E-state index in [1.807, 2.05) is 6.07 Å². The Hall–Kier alpha value is -2.20. The van der Waals surface area contributed by atoms with E-state index in [1.54, 1.807) is 7.11 Å². The summed E-state index contributed by atoms with van der Waals surface area (Å²) < 4.78 is 32.1. The minimum atomic E-state index is -0.939. The van der Waals surface area contributed by atoms with Gasteiger partial charge in [-0.2, -0.15) is 0 Å². The van der Waals surface area contributed by atoms with Crippen molar-refractivity contribution in [3.8, 4) is 11.5 Å². The van der Waals surface area contributed by atoms with Crippen molar-refractivity contribution in [3.05, 3.63) is 59.2 Å². The molecule has 2 spiro atoms. The second kappa shape index (κ2) is 7.05. The molecule has 0 amide bonds. The van der Waals surface area contributed by atoms with Crippen LogP contribution in [-0.4, -0.2) is 83.8 Å². The molecule has 1 N–H and O–H groups in total. The van der Waals surface area contributed by atoms with Gasteiger partial charge in [-0.25, -0.2) is 4.90 Å². The first kappa shape index (κ1) is 21.7. The lowest BCUT2D eigenvalue weighted by atomic mass is 9.46. The SMILES string of the molecule is COc1ccc2c3c1O[C@H]1[C@]4(CC[C@@]5(O)[C@@H](C2)N(Cc2ccccc2)CC[C@]315)O[C@H]1CO[C@H]2CO[C@@H]4N21. The first-order valence-electron chi connectivity index (χ1n) is 13.6. The zero-order valence-corrected chi connectivity index (χ0v) is 21.0. The van der Waals surface area contributed by atoms with Crippen molar-refractivity contribution in [2.24, 2.45) is 0 Å². The molecule has 2 aromatic rings. The van der Waals surface area contributed by atoms with Crippen LogP contribution < -0.4 is 9.47 Å². The fourth-order valence-corrected chi connectivity index (χ4v) is 9.24. The summed E-state index contributed by atoms with van der Waals surface area (Å²) in [4.78, 5) is 4.76. The minimum Gasteiger partial charge on any atom is -0.493 e. The molecule has 9 rings (SSSR count). The predicted octanol–water partition coefficient (Wildman–Crippen LogP) is 2.16. The van der Waals surface area contributed by atoms with E-state index in [-0.39, 0.29) is 30.8 Å². The number of likely N-dealkylation sites (tertiary alicyclic amines) is 1. The fraction of sp³-hybridized carbons (Fsp3) is 0.586. The van der Waals surface area contributed by atoms with Gasteiger partial charge in [0.25, 0.3) is 0 Å². The number of fused-ring (bicyclic) bond motifs is 2. The summed E-state index contributed by atoms with van der Waals surface area (Å²) in [5, 5.41) is 12.9. The standard InChI is InChI=1S/C29H32N2O6/c1-33-19-8-7-18-13-20-29(32)10-9-28(26-31-21(15-35-26)34-16-22(31)37-28)25-27(29,23(18)24(19)36-25)11-12-30(20)14-17-5-3-2-4-6-17/h2-8,20-22,25-26,32H,9-16H2,1H3/t20-,21+,22+,25-,26+,27+,28+,29-/m1/s1. The fourth-order valence-electron chi connectivity index (χ4n) is 9.24. The summed E-state index contributed by atoms with van der Waals surface area (Å²) >= 11 is 0. The highest BCUT2D eigenvalue weighted by atomic mass is 16.7. The minimum absolute atomic E-state index is 0.00135. The average molecular weight is 505 g/mol. The maximum Gasteiger partial charge on any atom is 0.166 e. The third-order valence-corrected chi connectivity index (χ3v) is 10.6. The lowest BCUT2D eigenvalue weighted by Crippen LogP contribution is -2.80. The first-order chi connectivity index (χ1) is 18.1. The van der Waals surface area contributed by atoms with Gasteiger partial charge in [0, 0.05) is 24.7 Å². The van der Waals surface area contributed by atoms with Crippen LogP contribution in [0, 0.1) is 0 Å². The highest BCUT2D eigenvalue weighted by molar-refractivity contribution is 5.63. The van der Waals surface area contributed by atoms with Crippen molar-refractivity contribution in [1.82, 2.24) is 9.80 Å². The Bertz CT molecular complexity index is 1290. The van der Waals surface area contributed by atoms with Crippen molar-refractivity contribution in [2.75, 3.05) is 26.9 Å². The van der Waals surface area contributed by atoms with Gasteiger partial charge in [0.1, 0.15) is 30.4 Å². The molecule has 0 aromatic heterocycles. The normalized spacial score (nSPS) is 44.6. The van der Waals surface area contributed by atoms with Gasteiger partial charge in [0.2, 0.25) is 0 Å². The Balaban J connectivity index is 1.21. The Morgan fingerprint density at radius 1 is 1.03 bits per heavy atom. The summed E-state index contributed by atoms with van der Waals surface area (Å²) in [6.45, 7) is 2.81. The van der Waals surface area contributed by atoms with Crippen LogP contribution in [0.15, 0.2) is 42.5 Å². The van der Waals surface area contributed by atoms with Crippen LogP contribution >= 0.6 is 0 Å². The van der Waals surface area contributed by atoms with E-state index in [9.17, 15) is 5.11 Å². The van der Waals surface area contributed by atoms with E-state index in [1.165, 1.54) is 11.1 Å². The van der Waals surface area contributed by atoms with Gasteiger partial charge in [-0.05, 0) is 42.9 Å². The molecule has 8 atom stereocenters. The van der Waals surface area contributed by atoms with Gasteiger partial charge < -0.3 is 28.8 Å². The highest BCUT2D eigenvalue weighted by Crippen LogP contribution is 2.69. The summed E-state index contributed by atoms with van der Waals surface area (Å²) in [6.07, 6.45) is 2.13. The van der Waals surface area contributed by atoms with Crippen molar-refractivity contribution in [3.63, 3.8) is 0 Å². The number of rotatable bonds is 3. The molecule has 1 saturated carbocycles. The molecule has 8 heteroatoms. The topological polar surface area (TPSA) is 72.9 Å². The summed E-state index contributed by atoms with van der Waals surface area (Å²) in [5.74, 6) is 1.53. The van der Waals surface area contributed by atoms with Gasteiger partial charge in [0.15, 0.2) is 11.5 Å². The monoisotopic (exact) mass is 504 g/mol. The largest absolute Gasteiger partial charge is 0.493 e. The second-order valence-corrected chi connectivity index (χ2v) is 11.9. The Morgan fingerprint density at radius 3 is 2.76 bits per heavy atom. The number of benzene rings is 2. The number of hydrogen-bond donors (Lipinski definition) is 1. The van der Waals surface area contributed by atoms with Crippen LogP contribution in [-0.2, 0) is 32.6 Å². The van der Waals surface area contributed by atoms with E-state index in [2.05, 4.69) is 46.2 Å². The zero-order chi connectivity index (χ0) is 24.6. The third kappa shape index (κ3) is 2.38. The second-order valence-electron chi connectivity index (χ2n) is 11.9. The van der Waals surface area contributed by atoms with Crippen LogP contribution in [0.25, 0.3) is 0 Å². The number of ether oxygens (including phenoxy) is 5. The van der Waals surface area contributed by atoms with Gasteiger partial charge >= 0.3 is 0 Å². The van der Waals surface area contributed by atoms with Crippen LogP contribution in [0.5, 0.6) is 11.5 Å². The molecular formula is C29H32N2O6. The number of nitrogens with zero attached hydrogens (tertiary/aromatic N) is 2. The Morgan fingerprint density at radius 2 is 1.89 bits per heavy atom. The van der Waals surface area contributed by atoms with Crippen molar-refractivity contribution in [2.45, 2.75) is 79.7 Å². The molecule has 7 aliphatic rings. The maximum absolute atomic E-state index is 12.9. The number of methoxy groups -OCH3 is 1. The van der Waals surface area contributed by atoms with Crippen LogP contribution in [0.1, 0.15) is 36.0 Å². The first-order valence-corrected chi connectivity index (χ1v) is 13.6. The van der Waals surface area contributed by atoms with Crippen molar-refractivity contribution in [1.29, 1.82) is 0 Å². The van der Waals surface area contributed by atoms with Crippen LogP contribution in [0.2, 0.25) is 0 Å². The molecule has 5 fully saturated rings. The lowest BCUT2D eigenvalue weighted by molar-refractivity contribution is -0.259. The van der Waals surface area contributed by atoms with E-state index in [0.717, 1.165) is 43.0 Å². The molecule has 5 aliphatic heterocycles. The van der Waals surface area contributed by atoms with Crippen molar-refractivity contribution >= 4 is 0 Å². The van der Waals surface area contributed by atoms with E-state index >= 15 is 0 Å². The van der Waals surface area contributed by atoms with Crippen molar-refractivity contribution < 1.29 is 28.8 Å². The quantitative estimate of drug-likeness (QED) is 0.682. The highest BCUT2D eigenvalue weighted by Gasteiger charge is 2.80. The Kier molecular flexibility index (Phi) is 4.14. The van der Waals surface area contributed by atoms with Gasteiger partial charge in [-0.3, -0.25) is 4.90 Å². The van der Waals surface area contributed by atoms with E-state index in [0.29, 0.717) is 26.1 Å². The van der Waals surface area contributed by atoms with Gasteiger partial charge in [-0.15, -0.1) is 0 Å². The molecule has 2 aromatic carbocycles. The number of piperidine rings is 1. The molecule has 194 valence electrons. The number of hydrogen-bond acceptors (Lipinski definition) is 8. The lowest BCUT2D eigenvalue weighted by Gasteiger charge is -2.66. The molecule has 8 nitrogen and oxygen atoms in total.